The minimum Gasteiger partial charge on any atom is -0.478 e. The topological polar surface area (TPSA) is 78.9 Å². The number of nitrogens with one attached hydrogen (secondary N) is 1. The first-order chi connectivity index (χ1) is 17.7. The number of H-pyrrole nitrogens is 1. The SMILES string of the molecule is O=C(O)/C=C/c1ccc(/C(=C(\c2ccncc2C(F)(F)F)C2CCC2)c2ccc3[nH]nc(F)c3c2)cc1. The number of hydrogen-bond donors (Lipinski definition) is 2. The summed E-state index contributed by atoms with van der Waals surface area (Å²) in [6.45, 7) is 0. The average Bonchev–Trinajstić information content (AvgIpc) is 3.21. The fourth-order valence-electron chi connectivity index (χ4n) is 4.65. The molecular weight excluding hydrogens is 486 g/mol. The second-order valence-corrected chi connectivity index (χ2v) is 8.90. The van der Waals surface area contributed by atoms with Crippen molar-refractivity contribution < 1.29 is 27.5 Å². The lowest BCUT2D eigenvalue weighted by Gasteiger charge is -2.32. The molecular formula is C28H21F4N3O2. The van der Waals surface area contributed by atoms with Gasteiger partial charge in [0.05, 0.1) is 16.5 Å². The number of halogens is 4. The number of carbonyl (C=O) groups is 1. The van der Waals surface area contributed by atoms with Crippen molar-refractivity contribution in [3.8, 4) is 0 Å². The summed E-state index contributed by atoms with van der Waals surface area (Å²) >= 11 is 0. The molecule has 5 nitrogen and oxygen atoms in total. The third-order valence-electron chi connectivity index (χ3n) is 6.62. The van der Waals surface area contributed by atoms with Crippen molar-refractivity contribution in [3.63, 3.8) is 0 Å². The molecule has 9 heteroatoms. The lowest BCUT2D eigenvalue weighted by molar-refractivity contribution is -0.138. The molecule has 4 aromatic rings. The quantitative estimate of drug-likeness (QED) is 0.218. The summed E-state index contributed by atoms with van der Waals surface area (Å²) in [7, 11) is 0. The van der Waals surface area contributed by atoms with Crippen LogP contribution in [0.2, 0.25) is 0 Å². The van der Waals surface area contributed by atoms with Crippen molar-refractivity contribution in [3.05, 3.63) is 101 Å². The average molecular weight is 507 g/mol. The molecule has 0 spiro atoms. The number of fused-ring (bicyclic) bond motifs is 1. The van der Waals surface area contributed by atoms with Crippen molar-refractivity contribution in [1.82, 2.24) is 15.2 Å². The lowest BCUT2D eigenvalue weighted by Crippen LogP contribution is -2.18. The number of aromatic nitrogens is 3. The number of aliphatic carboxylic acids is 1. The summed E-state index contributed by atoms with van der Waals surface area (Å²) in [5.41, 5.74) is 2.56. The highest BCUT2D eigenvalue weighted by Crippen LogP contribution is 2.48. The molecule has 5 rings (SSSR count). The summed E-state index contributed by atoms with van der Waals surface area (Å²) in [6, 6.07) is 13.2. The van der Waals surface area contributed by atoms with Crippen molar-refractivity contribution in [2.24, 2.45) is 5.92 Å². The van der Waals surface area contributed by atoms with Crippen molar-refractivity contribution in [2.45, 2.75) is 25.4 Å². The van der Waals surface area contributed by atoms with Crippen LogP contribution >= 0.6 is 0 Å². The summed E-state index contributed by atoms with van der Waals surface area (Å²) in [6.07, 6.45) is 2.34. The molecule has 0 unspecified atom stereocenters. The van der Waals surface area contributed by atoms with Crippen LogP contribution in [0.3, 0.4) is 0 Å². The van der Waals surface area contributed by atoms with Crippen LogP contribution in [0.5, 0.6) is 0 Å². The number of allylic oxidation sites excluding steroid dienone is 1. The monoisotopic (exact) mass is 507 g/mol. The van der Waals surface area contributed by atoms with E-state index in [0.717, 1.165) is 31.5 Å². The number of benzene rings is 2. The normalized spacial score (nSPS) is 15.1. The third kappa shape index (κ3) is 4.89. The molecule has 1 aliphatic rings. The standard InChI is InChI=1S/C28H21F4N3O2/c29-27-21-14-19(9-10-23(21)34-35-27)25(18-7-4-16(5-8-18)6-11-24(36)37)26(17-2-1-3-17)20-12-13-33-15-22(20)28(30,31)32/h4-15,17H,1-3H2,(H,34,35)(H,36,37)/b11-6+,26-25+. The fourth-order valence-corrected chi connectivity index (χ4v) is 4.65. The first-order valence-corrected chi connectivity index (χ1v) is 11.6. The minimum absolute atomic E-state index is 0.0461. The van der Waals surface area contributed by atoms with Crippen LogP contribution in [-0.4, -0.2) is 26.3 Å². The Balaban J connectivity index is 1.80. The molecule has 1 saturated carbocycles. The Labute approximate surface area is 209 Å². The Kier molecular flexibility index (Phi) is 6.37. The van der Waals surface area contributed by atoms with E-state index in [1.54, 1.807) is 42.5 Å². The number of alkyl halides is 3. The van der Waals surface area contributed by atoms with Crippen LogP contribution in [0.15, 0.2) is 67.0 Å². The van der Waals surface area contributed by atoms with Crippen LogP contribution in [0, 0.1) is 11.9 Å². The lowest BCUT2D eigenvalue weighted by atomic mass is 9.72. The summed E-state index contributed by atoms with van der Waals surface area (Å²) < 4.78 is 56.7. The molecule has 0 saturated heterocycles. The number of nitrogens with zero attached hydrogens (tertiary/aromatic N) is 2. The van der Waals surface area contributed by atoms with Gasteiger partial charge in [-0.1, -0.05) is 36.8 Å². The van der Waals surface area contributed by atoms with Crippen molar-refractivity contribution in [2.75, 3.05) is 0 Å². The number of carboxylic acids is 1. The Morgan fingerprint density at radius 3 is 2.43 bits per heavy atom. The van der Waals surface area contributed by atoms with Gasteiger partial charge in [0.25, 0.3) is 0 Å². The van der Waals surface area contributed by atoms with Gasteiger partial charge in [-0.3, -0.25) is 10.1 Å². The van der Waals surface area contributed by atoms with Crippen LogP contribution in [-0.2, 0) is 11.0 Å². The van der Waals surface area contributed by atoms with E-state index in [1.807, 2.05) is 0 Å². The molecule has 2 aromatic carbocycles. The Morgan fingerprint density at radius 2 is 1.78 bits per heavy atom. The van der Waals surface area contributed by atoms with E-state index in [-0.39, 0.29) is 16.9 Å². The van der Waals surface area contributed by atoms with Crippen LogP contribution in [0.1, 0.15) is 47.1 Å². The van der Waals surface area contributed by atoms with Gasteiger partial charge in [-0.05, 0) is 76.4 Å². The maximum Gasteiger partial charge on any atom is 0.418 e. The molecule has 1 aliphatic carbocycles. The molecule has 2 N–H and O–H groups in total. The largest absolute Gasteiger partial charge is 0.478 e. The smallest absolute Gasteiger partial charge is 0.418 e. The number of carboxylic acid groups (broad SMARTS) is 1. The van der Waals surface area contributed by atoms with Gasteiger partial charge in [0.1, 0.15) is 0 Å². The van der Waals surface area contributed by atoms with E-state index in [2.05, 4.69) is 15.2 Å². The van der Waals surface area contributed by atoms with Gasteiger partial charge in [0, 0.05) is 18.5 Å². The predicted octanol–water partition coefficient (Wildman–Crippen LogP) is 6.97. The van der Waals surface area contributed by atoms with Gasteiger partial charge in [-0.15, -0.1) is 5.10 Å². The van der Waals surface area contributed by atoms with E-state index >= 15 is 0 Å². The van der Waals surface area contributed by atoms with Crippen molar-refractivity contribution >= 4 is 34.1 Å². The molecule has 0 bridgehead atoms. The van der Waals surface area contributed by atoms with Crippen molar-refractivity contribution in [1.29, 1.82) is 0 Å². The van der Waals surface area contributed by atoms with Crippen LogP contribution in [0.4, 0.5) is 17.6 Å². The van der Waals surface area contributed by atoms with E-state index in [9.17, 15) is 22.4 Å². The Hall–Kier alpha value is -4.27. The third-order valence-corrected chi connectivity index (χ3v) is 6.62. The van der Waals surface area contributed by atoms with Gasteiger partial charge < -0.3 is 5.11 Å². The zero-order chi connectivity index (χ0) is 26.2. The van der Waals surface area contributed by atoms with E-state index < -0.39 is 23.7 Å². The van der Waals surface area contributed by atoms with Gasteiger partial charge in [0.15, 0.2) is 0 Å². The van der Waals surface area contributed by atoms with Gasteiger partial charge >= 0.3 is 12.1 Å². The molecule has 2 heterocycles. The van der Waals surface area contributed by atoms with Crippen LogP contribution in [0.25, 0.3) is 28.1 Å². The van der Waals surface area contributed by atoms with Gasteiger partial charge in [-0.2, -0.15) is 17.6 Å². The second-order valence-electron chi connectivity index (χ2n) is 8.90. The highest BCUT2D eigenvalue weighted by Gasteiger charge is 2.37. The number of aromatic amines is 1. The van der Waals surface area contributed by atoms with Crippen LogP contribution < -0.4 is 0 Å². The zero-order valence-electron chi connectivity index (χ0n) is 19.4. The first-order valence-electron chi connectivity index (χ1n) is 11.6. The molecule has 188 valence electrons. The highest BCUT2D eigenvalue weighted by molar-refractivity contribution is 6.02. The fraction of sp³-hybridized carbons (Fsp3) is 0.179. The maximum absolute atomic E-state index is 14.4. The number of hydrogen-bond acceptors (Lipinski definition) is 3. The molecule has 1 fully saturated rings. The van der Waals surface area contributed by atoms with E-state index in [4.69, 9.17) is 5.11 Å². The zero-order valence-corrected chi connectivity index (χ0v) is 19.4. The molecule has 0 radical (unpaired) electrons. The Bertz CT molecular complexity index is 1530. The number of rotatable bonds is 6. The number of pyridine rings is 1. The molecule has 37 heavy (non-hydrogen) atoms. The van der Waals surface area contributed by atoms with E-state index in [1.165, 1.54) is 18.3 Å². The molecule has 0 aliphatic heterocycles. The summed E-state index contributed by atoms with van der Waals surface area (Å²) in [5, 5.41) is 15.4. The molecule has 2 aromatic heterocycles. The van der Waals surface area contributed by atoms with E-state index in [0.29, 0.717) is 33.4 Å². The van der Waals surface area contributed by atoms with Gasteiger partial charge in [-0.25, -0.2) is 4.79 Å². The molecule has 0 atom stereocenters. The predicted molar refractivity (Wildman–Crippen MR) is 132 cm³/mol. The highest BCUT2D eigenvalue weighted by atomic mass is 19.4. The Morgan fingerprint density at radius 1 is 1.05 bits per heavy atom. The molecule has 0 amide bonds. The maximum atomic E-state index is 14.4. The summed E-state index contributed by atoms with van der Waals surface area (Å²) in [4.78, 5) is 14.6. The van der Waals surface area contributed by atoms with Gasteiger partial charge in [0.2, 0.25) is 5.95 Å². The summed E-state index contributed by atoms with van der Waals surface area (Å²) in [5.74, 6) is -1.92. The second kappa shape index (κ2) is 9.65. The first kappa shape index (κ1) is 24.4. The minimum atomic E-state index is -4.62.